The van der Waals surface area contributed by atoms with Crippen LogP contribution in [0.25, 0.3) is 0 Å². The van der Waals surface area contributed by atoms with Gasteiger partial charge in [-0.05, 0) is 129 Å². The molecule has 0 atom stereocenters. The van der Waals surface area contributed by atoms with Crippen molar-refractivity contribution in [1.29, 1.82) is 0 Å². The van der Waals surface area contributed by atoms with E-state index < -0.39 is 0 Å². The van der Waals surface area contributed by atoms with Gasteiger partial charge in [-0.2, -0.15) is 0 Å². The van der Waals surface area contributed by atoms with Crippen molar-refractivity contribution in [2.45, 2.75) is 245 Å². The van der Waals surface area contributed by atoms with Crippen LogP contribution in [0.15, 0.2) is 24.3 Å². The number of hydrogen-bond acceptors (Lipinski definition) is 6. The summed E-state index contributed by atoms with van der Waals surface area (Å²) in [6.45, 7) is 16.0. The summed E-state index contributed by atoms with van der Waals surface area (Å²) in [7, 11) is 0. The minimum Gasteiger partial charge on any atom is -0.343 e. The molecule has 1 rings (SSSR count). The summed E-state index contributed by atoms with van der Waals surface area (Å²) in [6.07, 6.45) is 53.3. The highest BCUT2D eigenvalue weighted by Crippen LogP contribution is 2.15. The minimum atomic E-state index is 0.325. The second kappa shape index (κ2) is 47.7. The largest absolute Gasteiger partial charge is 0.343 e. The van der Waals surface area contributed by atoms with Crippen LogP contribution in [0.4, 0.5) is 0 Å². The molecule has 0 radical (unpaired) electrons. The molecule has 8 nitrogen and oxygen atoms in total. The first-order valence-electron chi connectivity index (χ1n) is 28.3. The number of allylic oxidation sites excluding steroid dienone is 4. The van der Waals surface area contributed by atoms with Gasteiger partial charge >= 0.3 is 0 Å². The van der Waals surface area contributed by atoms with Gasteiger partial charge < -0.3 is 31.1 Å². The van der Waals surface area contributed by atoms with Gasteiger partial charge in [-0.25, -0.2) is 0 Å². The summed E-state index contributed by atoms with van der Waals surface area (Å²) in [4.78, 5) is 35.9. The highest BCUT2D eigenvalue weighted by molar-refractivity contribution is 5.76. The molecule has 0 spiro atoms. The fraction of sp³-hybridized carbons (Fsp3) is 0.893. The number of nitrogens with two attached hydrogens (primary N) is 2. The molecule has 4 N–H and O–H groups in total. The monoisotopic (exact) mass is 899 g/mol. The Morgan fingerprint density at radius 3 is 0.969 bits per heavy atom. The number of carbonyl (C=O) groups excluding carboxylic acids is 2. The van der Waals surface area contributed by atoms with Crippen LogP contribution in [0.2, 0.25) is 0 Å². The van der Waals surface area contributed by atoms with Gasteiger partial charge in [-0.1, -0.05) is 154 Å². The molecule has 0 aromatic heterocycles. The first-order valence-corrected chi connectivity index (χ1v) is 28.3. The van der Waals surface area contributed by atoms with Crippen molar-refractivity contribution in [2.75, 3.05) is 78.5 Å². The standard InChI is InChI=1S/C56H110N6O2/c1-3-5-7-9-11-13-15-17-19-21-23-25-27-29-31-37-47-61(55(63)41-33-35-43-57)49-39-45-59-51-53-60(54-52-59)46-40-50-62(56(64)42-34-36-44-58)48-38-32-30-28-26-24-22-20-18-16-14-12-10-8-6-4-2/h17-20H,3-16,21-54,57-58H2,1-2H3/b19-17-,20-18-. The van der Waals surface area contributed by atoms with E-state index in [1.54, 1.807) is 0 Å². The Morgan fingerprint density at radius 1 is 0.375 bits per heavy atom. The van der Waals surface area contributed by atoms with Crippen LogP contribution >= 0.6 is 0 Å². The van der Waals surface area contributed by atoms with Gasteiger partial charge in [0.15, 0.2) is 0 Å². The molecule has 1 aliphatic rings. The van der Waals surface area contributed by atoms with Crippen molar-refractivity contribution in [3.8, 4) is 0 Å². The van der Waals surface area contributed by atoms with E-state index >= 15 is 0 Å². The van der Waals surface area contributed by atoms with E-state index in [9.17, 15) is 9.59 Å². The number of carbonyl (C=O) groups is 2. The SMILES string of the molecule is CCCCCCCC/C=C\CCCCCCCCN(CCCN1CCN(CCCN(CCCCCCCC/C=C\CCCCCCCC)C(=O)CCCCN)CC1)C(=O)CCCCN. The van der Waals surface area contributed by atoms with Crippen molar-refractivity contribution in [1.82, 2.24) is 19.6 Å². The molecular weight excluding hydrogens is 789 g/mol. The summed E-state index contributed by atoms with van der Waals surface area (Å²) < 4.78 is 0. The van der Waals surface area contributed by atoms with Crippen molar-refractivity contribution >= 4 is 11.8 Å². The van der Waals surface area contributed by atoms with E-state index in [-0.39, 0.29) is 0 Å². The Balaban J connectivity index is 2.28. The van der Waals surface area contributed by atoms with Gasteiger partial charge in [0, 0.05) is 65.2 Å². The molecule has 0 aliphatic carbocycles. The Hall–Kier alpha value is -1.74. The third-order valence-corrected chi connectivity index (χ3v) is 13.5. The molecule has 376 valence electrons. The van der Waals surface area contributed by atoms with Crippen LogP contribution in [0.3, 0.4) is 0 Å². The quantitative estimate of drug-likeness (QED) is 0.0466. The van der Waals surface area contributed by atoms with E-state index in [1.807, 2.05) is 0 Å². The number of amides is 2. The van der Waals surface area contributed by atoms with Crippen molar-refractivity contribution in [3.05, 3.63) is 24.3 Å². The molecule has 0 saturated carbocycles. The molecule has 0 aromatic rings. The number of hydrogen-bond donors (Lipinski definition) is 2. The maximum atomic E-state index is 13.2. The lowest BCUT2D eigenvalue weighted by Gasteiger charge is -2.35. The molecule has 8 heteroatoms. The molecule has 2 amide bonds. The molecule has 0 bridgehead atoms. The van der Waals surface area contributed by atoms with Crippen molar-refractivity contribution < 1.29 is 9.59 Å². The van der Waals surface area contributed by atoms with Gasteiger partial charge in [0.05, 0.1) is 0 Å². The number of rotatable bonds is 48. The fourth-order valence-electron chi connectivity index (χ4n) is 9.19. The number of nitrogens with zero attached hydrogens (tertiary/aromatic N) is 4. The summed E-state index contributed by atoms with van der Waals surface area (Å²) in [5.74, 6) is 0.649. The fourth-order valence-corrected chi connectivity index (χ4v) is 9.19. The third kappa shape index (κ3) is 38.4. The molecule has 1 aliphatic heterocycles. The molecule has 1 heterocycles. The number of piperazine rings is 1. The maximum absolute atomic E-state index is 13.2. The molecule has 1 saturated heterocycles. The van der Waals surface area contributed by atoms with Gasteiger partial charge in [-0.15, -0.1) is 0 Å². The third-order valence-electron chi connectivity index (χ3n) is 13.5. The normalized spacial score (nSPS) is 13.8. The predicted octanol–water partition coefficient (Wildman–Crippen LogP) is 13.4. The van der Waals surface area contributed by atoms with Crippen LogP contribution in [0.1, 0.15) is 245 Å². The summed E-state index contributed by atoms with van der Waals surface area (Å²) in [5.41, 5.74) is 11.5. The van der Waals surface area contributed by atoms with Gasteiger partial charge in [0.25, 0.3) is 0 Å². The first kappa shape index (κ1) is 60.3. The second-order valence-corrected chi connectivity index (χ2v) is 19.5. The first-order chi connectivity index (χ1) is 31.5. The highest BCUT2D eigenvalue weighted by atomic mass is 16.2. The second-order valence-electron chi connectivity index (χ2n) is 19.5. The van der Waals surface area contributed by atoms with Gasteiger partial charge in [-0.3, -0.25) is 9.59 Å². The van der Waals surface area contributed by atoms with Crippen LogP contribution in [0, 0.1) is 0 Å². The van der Waals surface area contributed by atoms with E-state index in [0.29, 0.717) is 37.7 Å². The average Bonchev–Trinajstić information content (AvgIpc) is 3.30. The van der Waals surface area contributed by atoms with Crippen LogP contribution in [-0.4, -0.2) is 110 Å². The van der Waals surface area contributed by atoms with Crippen molar-refractivity contribution in [3.63, 3.8) is 0 Å². The highest BCUT2D eigenvalue weighted by Gasteiger charge is 2.19. The lowest BCUT2D eigenvalue weighted by Crippen LogP contribution is -2.47. The zero-order chi connectivity index (χ0) is 46.2. The topological polar surface area (TPSA) is 99.1 Å². The molecular formula is C56H110N6O2. The zero-order valence-corrected chi connectivity index (χ0v) is 43.0. The van der Waals surface area contributed by atoms with E-state index in [2.05, 4.69) is 57.8 Å². The average molecular weight is 900 g/mol. The van der Waals surface area contributed by atoms with Gasteiger partial charge in [0.2, 0.25) is 11.8 Å². The molecule has 1 fully saturated rings. The molecule has 0 unspecified atom stereocenters. The van der Waals surface area contributed by atoms with Crippen LogP contribution in [-0.2, 0) is 9.59 Å². The van der Waals surface area contributed by atoms with Crippen LogP contribution in [0.5, 0.6) is 0 Å². The Bertz CT molecular complexity index is 978. The Kier molecular flexibility index (Phi) is 45.0. The zero-order valence-electron chi connectivity index (χ0n) is 43.0. The lowest BCUT2D eigenvalue weighted by atomic mass is 10.1. The number of unbranched alkanes of at least 4 members (excludes halogenated alkanes) is 26. The van der Waals surface area contributed by atoms with Crippen molar-refractivity contribution in [2.24, 2.45) is 11.5 Å². The Morgan fingerprint density at radius 2 is 0.656 bits per heavy atom. The lowest BCUT2D eigenvalue weighted by molar-refractivity contribution is -0.132. The minimum absolute atomic E-state index is 0.325. The van der Waals surface area contributed by atoms with E-state index in [0.717, 1.165) is 117 Å². The molecule has 64 heavy (non-hydrogen) atoms. The smallest absolute Gasteiger partial charge is 0.222 e. The predicted molar refractivity (Wildman–Crippen MR) is 280 cm³/mol. The van der Waals surface area contributed by atoms with E-state index in [1.165, 1.54) is 167 Å². The molecule has 0 aromatic carbocycles. The van der Waals surface area contributed by atoms with E-state index in [4.69, 9.17) is 11.5 Å². The van der Waals surface area contributed by atoms with Gasteiger partial charge in [0.1, 0.15) is 0 Å². The Labute approximate surface area is 398 Å². The summed E-state index contributed by atoms with van der Waals surface area (Å²) >= 11 is 0. The maximum Gasteiger partial charge on any atom is 0.222 e. The van der Waals surface area contributed by atoms with Crippen LogP contribution < -0.4 is 11.5 Å². The summed E-state index contributed by atoms with van der Waals surface area (Å²) in [5, 5.41) is 0. The summed E-state index contributed by atoms with van der Waals surface area (Å²) in [6, 6.07) is 0.